The Labute approximate surface area is 36.6 Å². The molecule has 0 rings (SSSR count). The van der Waals surface area contributed by atoms with Crippen molar-refractivity contribution >= 4 is 0 Å². The van der Waals surface area contributed by atoms with Crippen LogP contribution in [0.15, 0.2) is 12.7 Å². The highest BCUT2D eigenvalue weighted by atomic mass is 16.5. The second-order valence-electron chi connectivity index (χ2n) is 0.871. The van der Waals surface area contributed by atoms with Gasteiger partial charge in [0.2, 0.25) is 0 Å². The van der Waals surface area contributed by atoms with Crippen LogP contribution in [0.2, 0.25) is 0 Å². The second-order valence-corrected chi connectivity index (χ2v) is 0.871. The summed E-state index contributed by atoms with van der Waals surface area (Å²) in [5.74, 6) is 6.30. The van der Waals surface area contributed by atoms with Crippen LogP contribution in [0, 0.1) is 0 Å². The van der Waals surface area contributed by atoms with Gasteiger partial charge in [-0.3, -0.25) is 5.21 Å². The van der Waals surface area contributed by atoms with E-state index in [4.69, 9.17) is 11.0 Å². The number of rotatable bonds is 2. The van der Waals surface area contributed by atoms with Crippen molar-refractivity contribution in [2.45, 2.75) is 0 Å². The highest BCUT2D eigenvalue weighted by Gasteiger charge is 1.79. The third-order valence-electron chi connectivity index (χ3n) is 0.302. The summed E-state index contributed by atoms with van der Waals surface area (Å²) in [6.07, 6.45) is 1.44. The van der Waals surface area contributed by atoms with Crippen molar-refractivity contribution in [1.82, 2.24) is 11.0 Å². The quantitative estimate of drug-likeness (QED) is 0.382. The Morgan fingerprint density at radius 3 is 2.50 bits per heavy atom. The van der Waals surface area contributed by atoms with Gasteiger partial charge < -0.3 is 0 Å². The molecule has 0 aromatic heterocycles. The molecule has 0 fully saturated rings. The Morgan fingerprint density at radius 1 is 2.00 bits per heavy atom. The molecule has 0 aliphatic carbocycles. The van der Waals surface area contributed by atoms with Crippen molar-refractivity contribution < 1.29 is 5.21 Å². The molecule has 1 radical (unpaired) electrons. The van der Waals surface area contributed by atoms with Gasteiger partial charge in [0.1, 0.15) is 0 Å². The molecule has 0 unspecified atom stereocenters. The average molecular weight is 87.1 g/mol. The van der Waals surface area contributed by atoms with Crippen LogP contribution >= 0.6 is 0 Å². The molecule has 0 aromatic carbocycles. The van der Waals surface area contributed by atoms with Gasteiger partial charge in [-0.05, 0) is 0 Å². The molecule has 0 spiro atoms. The fourth-order valence-corrected chi connectivity index (χ4v) is 0.122. The third kappa shape index (κ3) is 3.62. The van der Waals surface area contributed by atoms with Crippen molar-refractivity contribution in [3.63, 3.8) is 0 Å². The lowest BCUT2D eigenvalue weighted by Gasteiger charge is -1.97. The molecular weight excluding hydrogens is 80.0 g/mol. The zero-order valence-electron chi connectivity index (χ0n) is 3.39. The van der Waals surface area contributed by atoms with Gasteiger partial charge in [-0.15, -0.1) is 11.8 Å². The summed E-state index contributed by atoms with van der Waals surface area (Å²) >= 11 is 0. The number of nitrogens with zero attached hydrogens (tertiary/aromatic N) is 1. The first kappa shape index (κ1) is 5.62. The van der Waals surface area contributed by atoms with Crippen LogP contribution in [0.3, 0.4) is 0 Å². The molecule has 0 heterocycles. The lowest BCUT2D eigenvalue weighted by molar-refractivity contribution is -0.0917. The van der Waals surface area contributed by atoms with Gasteiger partial charge in [-0.25, -0.2) is 0 Å². The summed E-state index contributed by atoms with van der Waals surface area (Å²) in [6, 6.07) is 0. The van der Waals surface area contributed by atoms with Crippen molar-refractivity contribution in [3.05, 3.63) is 12.7 Å². The summed E-state index contributed by atoms with van der Waals surface area (Å²) < 4.78 is 0. The van der Waals surface area contributed by atoms with E-state index in [0.717, 1.165) is 0 Å². The number of hydroxylamine groups is 1. The molecular formula is C3H7N2O. The Hall–Kier alpha value is -0.380. The molecule has 0 saturated carbocycles. The standard InChI is InChI=1S/C3H7N2O/c1-2-3-5(4)6/h2,4,6H,1,3H2. The smallest absolute Gasteiger partial charge is 0.0591 e. The second kappa shape index (κ2) is 2.84. The van der Waals surface area contributed by atoms with E-state index in [9.17, 15) is 0 Å². The number of hydrogen-bond donors (Lipinski definition) is 1. The fraction of sp³-hybridized carbons (Fsp3) is 0.333. The molecule has 0 aliphatic heterocycles. The topological polar surface area (TPSA) is 47.3 Å². The minimum Gasteiger partial charge on any atom is -0.298 e. The zero-order valence-corrected chi connectivity index (χ0v) is 3.39. The molecule has 35 valence electrons. The third-order valence-corrected chi connectivity index (χ3v) is 0.302. The van der Waals surface area contributed by atoms with Crippen LogP contribution in [0.1, 0.15) is 0 Å². The van der Waals surface area contributed by atoms with Gasteiger partial charge in [-0.2, -0.15) is 5.84 Å². The summed E-state index contributed by atoms with van der Waals surface area (Å²) in [5.41, 5.74) is 0. The Bertz CT molecular complexity index is 44.1. The maximum atomic E-state index is 7.98. The van der Waals surface area contributed by atoms with Crippen LogP contribution in [0.5, 0.6) is 0 Å². The summed E-state index contributed by atoms with van der Waals surface area (Å²) in [4.78, 5) is 0. The van der Waals surface area contributed by atoms with E-state index in [1.54, 1.807) is 0 Å². The van der Waals surface area contributed by atoms with E-state index in [-0.39, 0.29) is 6.54 Å². The van der Waals surface area contributed by atoms with Crippen LogP contribution in [0.25, 0.3) is 0 Å². The summed E-state index contributed by atoms with van der Waals surface area (Å²) in [5, 5.41) is 8.29. The van der Waals surface area contributed by atoms with E-state index in [0.29, 0.717) is 5.17 Å². The fourth-order valence-electron chi connectivity index (χ4n) is 0.122. The minimum atomic E-state index is 0.194. The average Bonchev–Trinajstić information content (AvgIpc) is 1.35. The highest BCUT2D eigenvalue weighted by molar-refractivity contribution is 4.65. The highest BCUT2D eigenvalue weighted by Crippen LogP contribution is 1.66. The predicted molar refractivity (Wildman–Crippen MR) is 21.8 cm³/mol. The van der Waals surface area contributed by atoms with Crippen molar-refractivity contribution in [2.75, 3.05) is 6.54 Å². The molecule has 3 nitrogen and oxygen atoms in total. The van der Waals surface area contributed by atoms with Crippen molar-refractivity contribution in [2.24, 2.45) is 0 Å². The van der Waals surface area contributed by atoms with E-state index < -0.39 is 0 Å². The predicted octanol–water partition coefficient (Wildman–Crippen LogP) is 0.0615. The SMILES string of the molecule is C=CCN([NH])O. The summed E-state index contributed by atoms with van der Waals surface area (Å²) in [7, 11) is 0. The first-order valence-electron chi connectivity index (χ1n) is 1.56. The lowest BCUT2D eigenvalue weighted by Crippen LogP contribution is -2.14. The number of nitrogens with one attached hydrogen (secondary N) is 1. The van der Waals surface area contributed by atoms with E-state index in [1.165, 1.54) is 6.08 Å². The van der Waals surface area contributed by atoms with Gasteiger partial charge in [0.05, 0.1) is 6.54 Å². The monoisotopic (exact) mass is 87.1 g/mol. The number of hydrogen-bond acceptors (Lipinski definition) is 2. The van der Waals surface area contributed by atoms with Gasteiger partial charge >= 0.3 is 0 Å². The first-order chi connectivity index (χ1) is 2.77. The largest absolute Gasteiger partial charge is 0.298 e. The van der Waals surface area contributed by atoms with E-state index in [2.05, 4.69) is 6.58 Å². The summed E-state index contributed by atoms with van der Waals surface area (Å²) in [6.45, 7) is 3.47. The zero-order chi connectivity index (χ0) is 4.99. The van der Waals surface area contributed by atoms with Crippen LogP contribution in [-0.2, 0) is 0 Å². The Morgan fingerprint density at radius 2 is 2.50 bits per heavy atom. The molecule has 0 aromatic rings. The van der Waals surface area contributed by atoms with E-state index in [1.807, 2.05) is 0 Å². The molecule has 0 amide bonds. The molecule has 0 bridgehead atoms. The van der Waals surface area contributed by atoms with Gasteiger partial charge in [-0.1, -0.05) is 6.08 Å². The minimum absolute atomic E-state index is 0.194. The normalized spacial score (nSPS) is 9.17. The van der Waals surface area contributed by atoms with Crippen molar-refractivity contribution in [1.29, 1.82) is 0 Å². The first-order valence-corrected chi connectivity index (χ1v) is 1.56. The van der Waals surface area contributed by atoms with Crippen LogP contribution < -0.4 is 5.84 Å². The van der Waals surface area contributed by atoms with Gasteiger partial charge in [0.25, 0.3) is 0 Å². The Balaban J connectivity index is 2.81. The molecule has 3 heteroatoms. The van der Waals surface area contributed by atoms with Crippen molar-refractivity contribution in [3.8, 4) is 0 Å². The molecule has 0 aliphatic rings. The molecule has 0 atom stereocenters. The van der Waals surface area contributed by atoms with Gasteiger partial charge in [0.15, 0.2) is 0 Å². The maximum absolute atomic E-state index is 7.98. The van der Waals surface area contributed by atoms with Crippen LogP contribution in [0.4, 0.5) is 0 Å². The Kier molecular flexibility index (Phi) is 2.66. The molecule has 2 N–H and O–H groups in total. The lowest BCUT2D eigenvalue weighted by atomic mass is 10.7. The molecule has 0 saturated heterocycles. The molecule has 6 heavy (non-hydrogen) atoms. The van der Waals surface area contributed by atoms with Crippen LogP contribution in [-0.4, -0.2) is 16.9 Å². The van der Waals surface area contributed by atoms with E-state index >= 15 is 0 Å². The maximum Gasteiger partial charge on any atom is 0.0591 e. The van der Waals surface area contributed by atoms with Gasteiger partial charge in [0, 0.05) is 0 Å².